The standard InChI is InChI=1S/C16H32N4O3/c1-4-17-15(19-8-7-18-14(22)13(2)3)20-11-16(5-9-21)6-10-23-12-16/h13,21H,4-12H2,1-3H3,(H,18,22)(H2,17,19,20). The van der Waals surface area contributed by atoms with E-state index in [4.69, 9.17) is 4.74 Å². The zero-order valence-corrected chi connectivity index (χ0v) is 14.7. The number of aliphatic imine (C=N–C) groups is 1. The molecule has 0 aromatic heterocycles. The van der Waals surface area contributed by atoms with Gasteiger partial charge in [-0.2, -0.15) is 0 Å². The molecule has 0 bridgehead atoms. The van der Waals surface area contributed by atoms with Crippen molar-refractivity contribution in [3.05, 3.63) is 0 Å². The van der Waals surface area contributed by atoms with E-state index >= 15 is 0 Å². The second kappa shape index (κ2) is 10.4. The molecule has 1 rings (SSSR count). The zero-order chi connectivity index (χ0) is 17.1. The minimum absolute atomic E-state index is 0.00221. The van der Waals surface area contributed by atoms with Crippen LogP contribution in [-0.2, 0) is 9.53 Å². The quantitative estimate of drug-likeness (QED) is 0.274. The largest absolute Gasteiger partial charge is 0.396 e. The molecule has 1 fully saturated rings. The van der Waals surface area contributed by atoms with E-state index in [0.717, 1.165) is 25.5 Å². The molecule has 0 aliphatic carbocycles. The first kappa shape index (κ1) is 19.7. The van der Waals surface area contributed by atoms with Gasteiger partial charge in [0.15, 0.2) is 5.96 Å². The van der Waals surface area contributed by atoms with Crippen LogP contribution >= 0.6 is 0 Å². The van der Waals surface area contributed by atoms with Crippen molar-refractivity contribution in [2.45, 2.75) is 33.6 Å². The smallest absolute Gasteiger partial charge is 0.222 e. The Morgan fingerprint density at radius 2 is 2.04 bits per heavy atom. The van der Waals surface area contributed by atoms with Crippen LogP contribution in [-0.4, -0.2) is 63.0 Å². The Balaban J connectivity index is 2.44. The van der Waals surface area contributed by atoms with Crippen molar-refractivity contribution < 1.29 is 14.6 Å². The van der Waals surface area contributed by atoms with Gasteiger partial charge in [-0.15, -0.1) is 0 Å². The van der Waals surface area contributed by atoms with Gasteiger partial charge in [0.25, 0.3) is 0 Å². The summed E-state index contributed by atoms with van der Waals surface area (Å²) >= 11 is 0. The van der Waals surface area contributed by atoms with Gasteiger partial charge in [0.2, 0.25) is 5.91 Å². The lowest BCUT2D eigenvalue weighted by Gasteiger charge is -2.24. The first-order valence-corrected chi connectivity index (χ1v) is 8.51. The lowest BCUT2D eigenvalue weighted by molar-refractivity contribution is -0.123. The molecule has 134 valence electrons. The van der Waals surface area contributed by atoms with Gasteiger partial charge in [0, 0.05) is 44.2 Å². The number of rotatable bonds is 9. The number of nitrogens with zero attached hydrogens (tertiary/aromatic N) is 1. The maximum absolute atomic E-state index is 11.5. The van der Waals surface area contributed by atoms with E-state index in [-0.39, 0.29) is 23.8 Å². The number of aliphatic hydroxyl groups is 1. The van der Waals surface area contributed by atoms with Crippen LogP contribution in [0.5, 0.6) is 0 Å². The highest BCUT2D eigenvalue weighted by Crippen LogP contribution is 2.32. The Morgan fingerprint density at radius 1 is 1.30 bits per heavy atom. The molecule has 0 aromatic carbocycles. The van der Waals surface area contributed by atoms with E-state index < -0.39 is 0 Å². The number of amides is 1. The predicted octanol–water partition coefficient (Wildman–Crippen LogP) is 0.103. The van der Waals surface area contributed by atoms with Crippen molar-refractivity contribution in [3.8, 4) is 0 Å². The van der Waals surface area contributed by atoms with Gasteiger partial charge in [-0.3, -0.25) is 9.79 Å². The highest BCUT2D eigenvalue weighted by molar-refractivity contribution is 5.80. The lowest BCUT2D eigenvalue weighted by atomic mass is 9.84. The van der Waals surface area contributed by atoms with Crippen LogP contribution in [0.2, 0.25) is 0 Å². The maximum Gasteiger partial charge on any atom is 0.222 e. The highest BCUT2D eigenvalue weighted by atomic mass is 16.5. The molecule has 4 N–H and O–H groups in total. The van der Waals surface area contributed by atoms with Crippen LogP contribution in [0.4, 0.5) is 0 Å². The molecule has 1 unspecified atom stereocenters. The van der Waals surface area contributed by atoms with Gasteiger partial charge in [-0.05, 0) is 19.8 Å². The summed E-state index contributed by atoms with van der Waals surface area (Å²) in [5, 5.41) is 18.5. The predicted molar refractivity (Wildman–Crippen MR) is 91.4 cm³/mol. The number of hydrogen-bond donors (Lipinski definition) is 4. The third kappa shape index (κ3) is 7.18. The van der Waals surface area contributed by atoms with Crippen molar-refractivity contribution in [1.82, 2.24) is 16.0 Å². The van der Waals surface area contributed by atoms with Crippen LogP contribution in [0.15, 0.2) is 4.99 Å². The molecule has 0 spiro atoms. The summed E-state index contributed by atoms with van der Waals surface area (Å²) in [7, 11) is 0. The van der Waals surface area contributed by atoms with Gasteiger partial charge >= 0.3 is 0 Å². The summed E-state index contributed by atoms with van der Waals surface area (Å²) in [6, 6.07) is 0. The Labute approximate surface area is 139 Å². The van der Waals surface area contributed by atoms with E-state index in [1.165, 1.54) is 0 Å². The molecule has 1 aliphatic rings. The summed E-state index contributed by atoms with van der Waals surface area (Å²) < 4.78 is 5.48. The molecule has 1 aliphatic heterocycles. The summed E-state index contributed by atoms with van der Waals surface area (Å²) in [4.78, 5) is 16.1. The number of carbonyl (C=O) groups excluding carboxylic acids is 1. The fourth-order valence-electron chi connectivity index (χ4n) is 2.45. The summed E-state index contributed by atoms with van der Waals surface area (Å²) in [6.45, 7) is 9.89. The van der Waals surface area contributed by atoms with E-state index in [0.29, 0.717) is 32.7 Å². The van der Waals surface area contributed by atoms with E-state index in [1.54, 1.807) is 0 Å². The molecule has 7 nitrogen and oxygen atoms in total. The molecule has 1 atom stereocenters. The van der Waals surface area contributed by atoms with E-state index in [9.17, 15) is 9.90 Å². The highest BCUT2D eigenvalue weighted by Gasteiger charge is 2.34. The number of ether oxygens (including phenoxy) is 1. The molecule has 7 heteroatoms. The van der Waals surface area contributed by atoms with Crippen LogP contribution < -0.4 is 16.0 Å². The molecule has 0 saturated carbocycles. The first-order chi connectivity index (χ1) is 11.0. The number of aliphatic hydroxyl groups excluding tert-OH is 1. The van der Waals surface area contributed by atoms with E-state index in [2.05, 4.69) is 20.9 Å². The fraction of sp³-hybridized carbons (Fsp3) is 0.875. The van der Waals surface area contributed by atoms with Crippen LogP contribution in [0.25, 0.3) is 0 Å². The Kier molecular flexibility index (Phi) is 8.94. The summed E-state index contributed by atoms with van der Waals surface area (Å²) in [5.41, 5.74) is -0.0526. The molecule has 1 saturated heterocycles. The minimum Gasteiger partial charge on any atom is -0.396 e. The molecule has 0 radical (unpaired) electrons. The molecule has 23 heavy (non-hydrogen) atoms. The number of nitrogens with one attached hydrogen (secondary N) is 3. The molecule has 0 aromatic rings. The van der Waals surface area contributed by atoms with Crippen molar-refractivity contribution in [3.63, 3.8) is 0 Å². The minimum atomic E-state index is -0.0526. The zero-order valence-electron chi connectivity index (χ0n) is 14.7. The van der Waals surface area contributed by atoms with Gasteiger partial charge < -0.3 is 25.8 Å². The Bertz CT molecular complexity index is 380. The van der Waals surface area contributed by atoms with Crippen molar-refractivity contribution in [2.24, 2.45) is 16.3 Å². The average Bonchev–Trinajstić information content (AvgIpc) is 2.98. The molecule has 1 heterocycles. The van der Waals surface area contributed by atoms with Crippen LogP contribution in [0, 0.1) is 11.3 Å². The van der Waals surface area contributed by atoms with Gasteiger partial charge in [-0.25, -0.2) is 0 Å². The third-order valence-corrected chi connectivity index (χ3v) is 3.98. The van der Waals surface area contributed by atoms with Crippen molar-refractivity contribution in [2.75, 3.05) is 46.0 Å². The van der Waals surface area contributed by atoms with Gasteiger partial charge in [-0.1, -0.05) is 13.8 Å². The second-order valence-electron chi connectivity index (χ2n) is 6.34. The Morgan fingerprint density at radius 3 is 2.61 bits per heavy atom. The van der Waals surface area contributed by atoms with Crippen molar-refractivity contribution >= 4 is 11.9 Å². The molecular formula is C16H32N4O3. The van der Waals surface area contributed by atoms with Crippen LogP contribution in [0.1, 0.15) is 33.6 Å². The van der Waals surface area contributed by atoms with Crippen molar-refractivity contribution in [1.29, 1.82) is 0 Å². The summed E-state index contributed by atoms with van der Waals surface area (Å²) in [5.74, 6) is 0.784. The normalized spacial score (nSPS) is 21.5. The first-order valence-electron chi connectivity index (χ1n) is 8.51. The maximum atomic E-state index is 11.5. The van der Waals surface area contributed by atoms with Crippen LogP contribution in [0.3, 0.4) is 0 Å². The number of hydrogen-bond acceptors (Lipinski definition) is 4. The number of carbonyl (C=O) groups is 1. The second-order valence-corrected chi connectivity index (χ2v) is 6.34. The average molecular weight is 328 g/mol. The topological polar surface area (TPSA) is 95.0 Å². The Hall–Kier alpha value is -1.34. The van der Waals surface area contributed by atoms with Gasteiger partial charge in [0.05, 0.1) is 13.2 Å². The van der Waals surface area contributed by atoms with Gasteiger partial charge in [0.1, 0.15) is 0 Å². The monoisotopic (exact) mass is 328 g/mol. The SMILES string of the molecule is CCNC(=NCC1(CCO)CCOC1)NCCNC(=O)C(C)C. The molecular weight excluding hydrogens is 296 g/mol. The fourth-order valence-corrected chi connectivity index (χ4v) is 2.45. The molecule has 1 amide bonds. The number of guanidine groups is 1. The third-order valence-electron chi connectivity index (χ3n) is 3.98. The summed E-state index contributed by atoms with van der Waals surface area (Å²) in [6.07, 6.45) is 1.64. The van der Waals surface area contributed by atoms with E-state index in [1.807, 2.05) is 20.8 Å². The lowest BCUT2D eigenvalue weighted by Crippen LogP contribution is -2.43.